The third-order valence-corrected chi connectivity index (χ3v) is 4.47. The SMILES string of the molecule is Cc1cc(N(C)c2cc(C(C)C)ccc2C)ncc1Br. The van der Waals surface area contributed by atoms with Crippen molar-refractivity contribution in [3.05, 3.63) is 51.6 Å². The van der Waals surface area contributed by atoms with Crippen LogP contribution in [-0.4, -0.2) is 12.0 Å². The molecule has 0 fully saturated rings. The van der Waals surface area contributed by atoms with Gasteiger partial charge in [-0.05, 0) is 64.5 Å². The fourth-order valence-electron chi connectivity index (χ4n) is 2.18. The summed E-state index contributed by atoms with van der Waals surface area (Å²) in [5.74, 6) is 1.50. The number of halogens is 1. The molecule has 1 aromatic heterocycles. The van der Waals surface area contributed by atoms with E-state index in [-0.39, 0.29) is 0 Å². The van der Waals surface area contributed by atoms with Crippen molar-refractivity contribution in [2.24, 2.45) is 0 Å². The molecular formula is C17H21BrN2. The Hall–Kier alpha value is -1.35. The molecule has 2 nitrogen and oxygen atoms in total. The molecule has 2 aromatic rings. The van der Waals surface area contributed by atoms with Gasteiger partial charge in [-0.2, -0.15) is 0 Å². The molecule has 20 heavy (non-hydrogen) atoms. The Bertz CT molecular complexity index is 620. The number of hydrogen-bond donors (Lipinski definition) is 0. The lowest BCUT2D eigenvalue weighted by atomic mass is 10.0. The zero-order valence-electron chi connectivity index (χ0n) is 12.7. The fraction of sp³-hybridized carbons (Fsp3) is 0.353. The first-order valence-electron chi connectivity index (χ1n) is 6.86. The number of hydrogen-bond acceptors (Lipinski definition) is 2. The molecule has 0 saturated carbocycles. The summed E-state index contributed by atoms with van der Waals surface area (Å²) in [6, 6.07) is 8.76. The molecule has 0 N–H and O–H groups in total. The molecular weight excluding hydrogens is 312 g/mol. The number of aryl methyl sites for hydroxylation is 2. The molecule has 0 radical (unpaired) electrons. The van der Waals surface area contributed by atoms with Crippen molar-refractivity contribution >= 4 is 27.4 Å². The van der Waals surface area contributed by atoms with E-state index >= 15 is 0 Å². The summed E-state index contributed by atoms with van der Waals surface area (Å²) in [4.78, 5) is 6.66. The van der Waals surface area contributed by atoms with E-state index in [4.69, 9.17) is 0 Å². The number of nitrogens with zero attached hydrogens (tertiary/aromatic N) is 2. The van der Waals surface area contributed by atoms with Gasteiger partial charge in [-0.15, -0.1) is 0 Å². The maximum atomic E-state index is 4.51. The number of aromatic nitrogens is 1. The second-order valence-electron chi connectivity index (χ2n) is 5.55. The zero-order chi connectivity index (χ0) is 14.9. The smallest absolute Gasteiger partial charge is 0.132 e. The minimum Gasteiger partial charge on any atom is -0.329 e. The van der Waals surface area contributed by atoms with Crippen molar-refractivity contribution in [3.8, 4) is 0 Å². The highest BCUT2D eigenvalue weighted by molar-refractivity contribution is 9.10. The first kappa shape index (κ1) is 15.0. The predicted octanol–water partition coefficient (Wildman–Crippen LogP) is 5.35. The Balaban J connectivity index is 2.44. The van der Waals surface area contributed by atoms with E-state index in [9.17, 15) is 0 Å². The fourth-order valence-corrected chi connectivity index (χ4v) is 2.40. The summed E-state index contributed by atoms with van der Waals surface area (Å²) in [6.45, 7) is 8.66. The molecule has 0 aliphatic heterocycles. The van der Waals surface area contributed by atoms with E-state index in [1.165, 1.54) is 22.4 Å². The number of benzene rings is 1. The van der Waals surface area contributed by atoms with Gasteiger partial charge < -0.3 is 4.90 Å². The van der Waals surface area contributed by atoms with Gasteiger partial charge in [-0.3, -0.25) is 0 Å². The molecule has 106 valence electrons. The van der Waals surface area contributed by atoms with Gasteiger partial charge in [0.15, 0.2) is 0 Å². The molecule has 0 aliphatic rings. The van der Waals surface area contributed by atoms with Gasteiger partial charge >= 0.3 is 0 Å². The molecule has 0 atom stereocenters. The van der Waals surface area contributed by atoms with Gasteiger partial charge in [0.2, 0.25) is 0 Å². The molecule has 1 heterocycles. The maximum Gasteiger partial charge on any atom is 0.132 e. The predicted molar refractivity (Wildman–Crippen MR) is 90.0 cm³/mol. The molecule has 0 bridgehead atoms. The van der Waals surface area contributed by atoms with Crippen LogP contribution < -0.4 is 4.90 Å². The Kier molecular flexibility index (Phi) is 4.48. The van der Waals surface area contributed by atoms with Crippen molar-refractivity contribution in [2.75, 3.05) is 11.9 Å². The average molecular weight is 333 g/mol. The molecule has 0 spiro atoms. The minimum atomic E-state index is 0.530. The van der Waals surface area contributed by atoms with Crippen molar-refractivity contribution in [1.29, 1.82) is 0 Å². The van der Waals surface area contributed by atoms with Gasteiger partial charge in [-0.25, -0.2) is 4.98 Å². The average Bonchev–Trinajstić information content (AvgIpc) is 2.41. The molecule has 3 heteroatoms. The lowest BCUT2D eigenvalue weighted by Crippen LogP contribution is -2.13. The van der Waals surface area contributed by atoms with Crippen molar-refractivity contribution < 1.29 is 0 Å². The standard InChI is InChI=1S/C17H21BrN2/c1-11(2)14-7-6-12(3)16(9-14)20(5)17-8-13(4)15(18)10-19-17/h6-11H,1-5H3. The summed E-state index contributed by atoms with van der Waals surface area (Å²) < 4.78 is 1.04. The summed E-state index contributed by atoms with van der Waals surface area (Å²) in [5, 5.41) is 0. The number of pyridine rings is 1. The quantitative estimate of drug-likeness (QED) is 0.752. The third kappa shape index (κ3) is 3.04. The minimum absolute atomic E-state index is 0.530. The zero-order valence-corrected chi connectivity index (χ0v) is 14.3. The Labute approximate surface area is 130 Å². The topological polar surface area (TPSA) is 16.1 Å². The molecule has 0 saturated heterocycles. The lowest BCUT2D eigenvalue weighted by Gasteiger charge is -2.22. The summed E-state index contributed by atoms with van der Waals surface area (Å²) >= 11 is 3.50. The van der Waals surface area contributed by atoms with E-state index in [1.807, 2.05) is 6.20 Å². The van der Waals surface area contributed by atoms with Crippen LogP contribution in [0.5, 0.6) is 0 Å². The van der Waals surface area contributed by atoms with Gasteiger partial charge in [-0.1, -0.05) is 26.0 Å². The Morgan fingerprint density at radius 2 is 1.80 bits per heavy atom. The van der Waals surface area contributed by atoms with E-state index in [1.54, 1.807) is 0 Å². The second-order valence-corrected chi connectivity index (χ2v) is 6.41. The highest BCUT2D eigenvalue weighted by Gasteiger charge is 2.11. The van der Waals surface area contributed by atoms with Crippen LogP contribution in [0.1, 0.15) is 36.5 Å². The molecule has 2 rings (SSSR count). The molecule has 0 unspecified atom stereocenters. The summed E-state index contributed by atoms with van der Waals surface area (Å²) in [6.07, 6.45) is 1.86. The summed E-state index contributed by atoms with van der Waals surface area (Å²) in [5.41, 5.74) is 5.02. The van der Waals surface area contributed by atoms with Crippen LogP contribution in [0.25, 0.3) is 0 Å². The molecule has 1 aromatic carbocycles. The lowest BCUT2D eigenvalue weighted by molar-refractivity contribution is 0.865. The van der Waals surface area contributed by atoms with E-state index in [2.05, 4.69) is 84.8 Å². The maximum absolute atomic E-state index is 4.51. The number of rotatable bonds is 3. The molecule has 0 amide bonds. The number of anilines is 2. The van der Waals surface area contributed by atoms with Crippen LogP contribution in [0.15, 0.2) is 34.9 Å². The summed E-state index contributed by atoms with van der Waals surface area (Å²) in [7, 11) is 2.07. The van der Waals surface area contributed by atoms with Gasteiger partial charge in [0.25, 0.3) is 0 Å². The van der Waals surface area contributed by atoms with Crippen molar-refractivity contribution in [3.63, 3.8) is 0 Å². The Morgan fingerprint density at radius 3 is 2.40 bits per heavy atom. The van der Waals surface area contributed by atoms with Crippen molar-refractivity contribution in [2.45, 2.75) is 33.6 Å². The largest absolute Gasteiger partial charge is 0.329 e. The van der Waals surface area contributed by atoms with Crippen LogP contribution in [-0.2, 0) is 0 Å². The van der Waals surface area contributed by atoms with Crippen LogP contribution in [0.4, 0.5) is 11.5 Å². The monoisotopic (exact) mass is 332 g/mol. The first-order valence-corrected chi connectivity index (χ1v) is 7.66. The third-order valence-electron chi connectivity index (χ3n) is 3.64. The Morgan fingerprint density at radius 1 is 1.10 bits per heavy atom. The highest BCUT2D eigenvalue weighted by Crippen LogP contribution is 2.30. The van der Waals surface area contributed by atoms with Gasteiger partial charge in [0.1, 0.15) is 5.82 Å². The van der Waals surface area contributed by atoms with E-state index in [0.29, 0.717) is 5.92 Å². The van der Waals surface area contributed by atoms with Crippen LogP contribution in [0.3, 0.4) is 0 Å². The highest BCUT2D eigenvalue weighted by atomic mass is 79.9. The van der Waals surface area contributed by atoms with E-state index < -0.39 is 0 Å². The van der Waals surface area contributed by atoms with Crippen LogP contribution in [0.2, 0.25) is 0 Å². The van der Waals surface area contributed by atoms with Crippen LogP contribution >= 0.6 is 15.9 Å². The normalized spacial score (nSPS) is 10.9. The van der Waals surface area contributed by atoms with Crippen LogP contribution in [0, 0.1) is 13.8 Å². The van der Waals surface area contributed by atoms with E-state index in [0.717, 1.165) is 10.3 Å². The van der Waals surface area contributed by atoms with Crippen molar-refractivity contribution in [1.82, 2.24) is 4.98 Å². The first-order chi connectivity index (χ1) is 9.40. The molecule has 0 aliphatic carbocycles. The van der Waals surface area contributed by atoms with Gasteiger partial charge in [0.05, 0.1) is 0 Å². The van der Waals surface area contributed by atoms with Gasteiger partial charge in [0, 0.05) is 23.4 Å². The second kappa shape index (κ2) is 5.96.